The summed E-state index contributed by atoms with van der Waals surface area (Å²) in [6, 6.07) is 5.81. The van der Waals surface area contributed by atoms with Crippen molar-refractivity contribution in [3.63, 3.8) is 0 Å². The molecule has 9 heteroatoms. The van der Waals surface area contributed by atoms with Crippen molar-refractivity contribution in [2.45, 2.75) is 123 Å². The number of piperidine rings is 1. The third-order valence-corrected chi connectivity index (χ3v) is 8.68. The molecule has 2 saturated heterocycles. The van der Waals surface area contributed by atoms with Crippen molar-refractivity contribution < 1.29 is 34.1 Å². The molecule has 0 aliphatic carbocycles. The molecule has 2 fully saturated rings. The fraction of sp³-hybridized carbons (Fsp3) is 0.676. The number of esters is 1. The molecule has 2 heterocycles. The lowest BCUT2D eigenvalue weighted by Crippen LogP contribution is -2.58. The molecule has 0 bridgehead atoms. The van der Waals surface area contributed by atoms with E-state index in [1.807, 2.05) is 51.1 Å². The van der Waals surface area contributed by atoms with Gasteiger partial charge in [-0.3, -0.25) is 9.59 Å². The molecule has 2 aliphatic rings. The number of unbranched alkanes of at least 4 members (excludes halogenated alkanes) is 1. The van der Waals surface area contributed by atoms with Gasteiger partial charge in [-0.25, -0.2) is 4.79 Å². The van der Waals surface area contributed by atoms with Gasteiger partial charge < -0.3 is 29.9 Å². The number of cyclic esters (lactones) is 1. The predicted octanol–water partition coefficient (Wildman–Crippen LogP) is 4.33. The van der Waals surface area contributed by atoms with Crippen LogP contribution in [0.25, 0.3) is 0 Å². The number of ether oxygens (including phenoxy) is 2. The van der Waals surface area contributed by atoms with Gasteiger partial charge in [-0.1, -0.05) is 44.4 Å². The molecular formula is C34H52N2O7. The summed E-state index contributed by atoms with van der Waals surface area (Å²) in [5.41, 5.74) is 2.01. The molecule has 2 aliphatic heterocycles. The highest BCUT2D eigenvalue weighted by atomic mass is 16.5. The monoisotopic (exact) mass is 600 g/mol. The Balaban J connectivity index is 1.80. The third-order valence-electron chi connectivity index (χ3n) is 8.68. The van der Waals surface area contributed by atoms with Crippen LogP contribution in [-0.2, 0) is 25.5 Å². The number of hydrogen-bond acceptors (Lipinski definition) is 7. The quantitative estimate of drug-likeness (QED) is 0.196. The first kappa shape index (κ1) is 34.6. The van der Waals surface area contributed by atoms with Crippen LogP contribution < -0.4 is 10.1 Å². The van der Waals surface area contributed by atoms with Gasteiger partial charge >= 0.3 is 5.97 Å². The summed E-state index contributed by atoms with van der Waals surface area (Å²) in [6.07, 6.45) is 5.60. The summed E-state index contributed by atoms with van der Waals surface area (Å²) >= 11 is 0. The van der Waals surface area contributed by atoms with Crippen molar-refractivity contribution in [1.29, 1.82) is 0 Å². The molecule has 0 aromatic heterocycles. The molecule has 9 nitrogen and oxygen atoms in total. The first-order chi connectivity index (χ1) is 20.5. The van der Waals surface area contributed by atoms with Gasteiger partial charge in [-0.2, -0.15) is 0 Å². The van der Waals surface area contributed by atoms with Crippen LogP contribution >= 0.6 is 0 Å². The fourth-order valence-corrected chi connectivity index (χ4v) is 5.74. The average Bonchev–Trinajstić information content (AvgIpc) is 2.97. The van der Waals surface area contributed by atoms with Gasteiger partial charge in [0, 0.05) is 19.4 Å². The number of fused-ring (bicyclic) bond motifs is 1. The molecule has 240 valence electrons. The molecule has 3 N–H and O–H groups in total. The molecule has 3 rings (SSSR count). The standard InChI is InChI=1S/C34H52N2O7/c1-22(2)17-19-42-27-15-13-26(14-16-27)20-28-33(40)36-18-9-8-12-29(36)34(41)43-31(21-30(38)25(5)32(39)35-28)23(3)10-6-7-11-24(4)37/h13-17,23-25,28-31,37-38H,6-12,18-21H2,1-5H3,(H,35,39)/t23-,24-,25+,28-,29-,30-,31+/m0/s1. The number of benzene rings is 1. The van der Waals surface area contributed by atoms with Crippen molar-refractivity contribution in [3.05, 3.63) is 41.5 Å². The number of nitrogens with zero attached hydrogens (tertiary/aromatic N) is 1. The van der Waals surface area contributed by atoms with Gasteiger partial charge in [0.15, 0.2) is 0 Å². The summed E-state index contributed by atoms with van der Waals surface area (Å²) in [5, 5.41) is 23.6. The van der Waals surface area contributed by atoms with Crippen LogP contribution in [0, 0.1) is 11.8 Å². The van der Waals surface area contributed by atoms with Crippen molar-refractivity contribution >= 4 is 17.8 Å². The van der Waals surface area contributed by atoms with Crippen molar-refractivity contribution in [2.24, 2.45) is 11.8 Å². The van der Waals surface area contributed by atoms with Gasteiger partial charge in [0.05, 0.1) is 18.1 Å². The normalized spacial score (nSPS) is 26.6. The number of aliphatic hydroxyl groups is 2. The maximum absolute atomic E-state index is 14.0. The number of hydrogen-bond donors (Lipinski definition) is 3. The number of carbonyl (C=O) groups is 3. The van der Waals surface area contributed by atoms with Gasteiger partial charge in [0.2, 0.25) is 11.8 Å². The molecule has 0 unspecified atom stereocenters. The highest BCUT2D eigenvalue weighted by Crippen LogP contribution is 2.27. The molecular weight excluding hydrogens is 548 g/mol. The number of carbonyl (C=O) groups excluding carboxylic acids is 3. The Morgan fingerprint density at radius 3 is 2.49 bits per heavy atom. The van der Waals surface area contributed by atoms with Crippen LogP contribution in [0.1, 0.15) is 91.5 Å². The lowest BCUT2D eigenvalue weighted by Gasteiger charge is -2.39. The molecule has 0 radical (unpaired) electrons. The zero-order chi connectivity index (χ0) is 31.5. The molecule has 0 saturated carbocycles. The summed E-state index contributed by atoms with van der Waals surface area (Å²) < 4.78 is 11.8. The zero-order valence-electron chi connectivity index (χ0n) is 26.6. The Morgan fingerprint density at radius 1 is 1.12 bits per heavy atom. The van der Waals surface area contributed by atoms with Gasteiger partial charge in [-0.05, 0) is 82.6 Å². The Bertz CT molecular complexity index is 1080. The van der Waals surface area contributed by atoms with E-state index in [4.69, 9.17) is 9.47 Å². The minimum absolute atomic E-state index is 0.0553. The van der Waals surface area contributed by atoms with Crippen LogP contribution in [-0.4, -0.2) is 76.4 Å². The predicted molar refractivity (Wildman–Crippen MR) is 165 cm³/mol. The second-order valence-corrected chi connectivity index (χ2v) is 12.7. The fourth-order valence-electron chi connectivity index (χ4n) is 5.74. The maximum atomic E-state index is 14.0. The Morgan fingerprint density at radius 2 is 1.81 bits per heavy atom. The topological polar surface area (TPSA) is 125 Å². The summed E-state index contributed by atoms with van der Waals surface area (Å²) in [4.78, 5) is 42.6. The average molecular weight is 601 g/mol. The molecule has 0 spiro atoms. The maximum Gasteiger partial charge on any atom is 0.329 e. The second-order valence-electron chi connectivity index (χ2n) is 12.7. The number of allylic oxidation sites excluding steroid dienone is 1. The van der Waals surface area contributed by atoms with E-state index in [1.165, 1.54) is 5.57 Å². The highest BCUT2D eigenvalue weighted by Gasteiger charge is 2.40. The van der Waals surface area contributed by atoms with Crippen molar-refractivity contribution in [1.82, 2.24) is 10.2 Å². The van der Waals surface area contributed by atoms with E-state index in [-0.39, 0.29) is 30.8 Å². The summed E-state index contributed by atoms with van der Waals surface area (Å²) in [5.74, 6) is -1.32. The lowest BCUT2D eigenvalue weighted by molar-refractivity contribution is -0.167. The zero-order valence-corrected chi connectivity index (χ0v) is 26.6. The Hall–Kier alpha value is -2.91. The molecule has 1 aromatic carbocycles. The number of nitrogens with one attached hydrogen (secondary N) is 1. The van der Waals surface area contributed by atoms with Crippen LogP contribution in [0.4, 0.5) is 0 Å². The number of aliphatic hydroxyl groups excluding tert-OH is 2. The van der Waals surface area contributed by atoms with E-state index < -0.39 is 42.1 Å². The van der Waals surface area contributed by atoms with Gasteiger partial charge in [-0.15, -0.1) is 0 Å². The number of rotatable bonds is 11. The van der Waals surface area contributed by atoms with E-state index in [9.17, 15) is 24.6 Å². The minimum Gasteiger partial charge on any atom is -0.490 e. The first-order valence-electron chi connectivity index (χ1n) is 16.0. The summed E-state index contributed by atoms with van der Waals surface area (Å²) in [6.45, 7) is 10.3. The summed E-state index contributed by atoms with van der Waals surface area (Å²) in [7, 11) is 0. The molecule has 43 heavy (non-hydrogen) atoms. The van der Waals surface area contributed by atoms with Gasteiger partial charge in [0.25, 0.3) is 0 Å². The van der Waals surface area contributed by atoms with Crippen LogP contribution in [0.2, 0.25) is 0 Å². The number of amides is 2. The molecule has 7 atom stereocenters. The third kappa shape index (κ3) is 10.6. The van der Waals surface area contributed by atoms with Crippen LogP contribution in [0.3, 0.4) is 0 Å². The minimum atomic E-state index is -1.05. The van der Waals surface area contributed by atoms with E-state index in [0.717, 1.165) is 37.7 Å². The SMILES string of the molecule is CC(C)=CCOc1ccc(C[C@@H]2NC(=O)[C@H](C)[C@@H](O)C[C@H]([C@@H](C)CCCC[C@H](C)O)OC(=O)[C@@H]3CCCCN3C2=O)cc1. The van der Waals surface area contributed by atoms with Crippen molar-refractivity contribution in [2.75, 3.05) is 13.2 Å². The molecule has 1 aromatic rings. The van der Waals surface area contributed by atoms with E-state index in [2.05, 4.69) is 5.32 Å². The van der Waals surface area contributed by atoms with Crippen molar-refractivity contribution in [3.8, 4) is 5.75 Å². The Labute approximate surface area is 257 Å². The largest absolute Gasteiger partial charge is 0.490 e. The first-order valence-corrected chi connectivity index (χ1v) is 16.0. The van der Waals surface area contributed by atoms with E-state index in [1.54, 1.807) is 18.7 Å². The smallest absolute Gasteiger partial charge is 0.329 e. The van der Waals surface area contributed by atoms with E-state index >= 15 is 0 Å². The highest BCUT2D eigenvalue weighted by molar-refractivity contribution is 5.92. The molecule has 2 amide bonds. The lowest BCUT2D eigenvalue weighted by atomic mass is 9.89. The Kier molecular flexibility index (Phi) is 13.5. The second kappa shape index (κ2) is 16.8. The van der Waals surface area contributed by atoms with Crippen LogP contribution in [0.15, 0.2) is 35.9 Å². The van der Waals surface area contributed by atoms with Gasteiger partial charge in [0.1, 0.15) is 30.5 Å². The van der Waals surface area contributed by atoms with Crippen LogP contribution in [0.5, 0.6) is 5.75 Å². The van der Waals surface area contributed by atoms with E-state index in [0.29, 0.717) is 31.7 Å².